The van der Waals surface area contributed by atoms with Crippen LogP contribution in [0.4, 0.5) is 0 Å². The maximum Gasteiger partial charge on any atom is 0.231 e. The number of rotatable bonds is 4. The molecule has 0 saturated carbocycles. The van der Waals surface area contributed by atoms with Gasteiger partial charge in [-0.05, 0) is 48.9 Å². The van der Waals surface area contributed by atoms with E-state index in [2.05, 4.69) is 11.0 Å². The number of piperidine rings is 1. The van der Waals surface area contributed by atoms with Gasteiger partial charge in [-0.15, -0.1) is 0 Å². The fourth-order valence-corrected chi connectivity index (χ4v) is 3.40. The second-order valence-electron chi connectivity index (χ2n) is 6.25. The lowest BCUT2D eigenvalue weighted by atomic mass is 9.87. The van der Waals surface area contributed by atoms with Crippen LogP contribution in [0.1, 0.15) is 23.7 Å². The van der Waals surface area contributed by atoms with Crippen molar-refractivity contribution >= 4 is 6.08 Å². The number of hydrogen-bond donors (Lipinski definition) is 1. The van der Waals surface area contributed by atoms with Crippen LogP contribution < -0.4 is 9.47 Å². The zero-order chi connectivity index (χ0) is 16.4. The quantitative estimate of drug-likeness (QED) is 0.936. The van der Waals surface area contributed by atoms with E-state index in [0.717, 1.165) is 42.3 Å². The van der Waals surface area contributed by atoms with Crippen molar-refractivity contribution in [3.05, 3.63) is 54.0 Å². The highest BCUT2D eigenvalue weighted by molar-refractivity contribution is 5.46. The first kappa shape index (κ1) is 15.3. The van der Waals surface area contributed by atoms with Gasteiger partial charge in [0.25, 0.3) is 0 Å². The van der Waals surface area contributed by atoms with Crippen molar-refractivity contribution in [2.24, 2.45) is 0 Å². The molecule has 1 aromatic heterocycles. The third-order valence-electron chi connectivity index (χ3n) is 4.68. The molecule has 0 amide bonds. The van der Waals surface area contributed by atoms with E-state index in [9.17, 15) is 5.11 Å². The van der Waals surface area contributed by atoms with Crippen LogP contribution in [0, 0.1) is 0 Å². The maximum absolute atomic E-state index is 10.6. The number of nitrogens with zero attached hydrogens (tertiary/aromatic N) is 1. The fraction of sp³-hybridized carbons (Fsp3) is 0.368. The van der Waals surface area contributed by atoms with Gasteiger partial charge in [-0.2, -0.15) is 0 Å². The topological polar surface area (TPSA) is 55.1 Å². The largest absolute Gasteiger partial charge is 0.465 e. The molecular formula is C19H21NO4. The molecule has 5 nitrogen and oxygen atoms in total. The summed E-state index contributed by atoms with van der Waals surface area (Å²) < 4.78 is 16.1. The van der Waals surface area contributed by atoms with E-state index in [0.29, 0.717) is 6.54 Å². The van der Waals surface area contributed by atoms with Crippen LogP contribution >= 0.6 is 0 Å². The fourth-order valence-electron chi connectivity index (χ4n) is 3.40. The average molecular weight is 327 g/mol. The Morgan fingerprint density at radius 2 is 2.12 bits per heavy atom. The summed E-state index contributed by atoms with van der Waals surface area (Å²) in [6.45, 7) is 2.72. The molecule has 24 heavy (non-hydrogen) atoms. The number of furan rings is 1. The Morgan fingerprint density at radius 1 is 1.21 bits per heavy atom. The number of hydrogen-bond acceptors (Lipinski definition) is 5. The summed E-state index contributed by atoms with van der Waals surface area (Å²) >= 11 is 0. The normalized spacial score (nSPS) is 23.9. The molecule has 4 rings (SSSR count). The highest BCUT2D eigenvalue weighted by atomic mass is 16.7. The minimum atomic E-state index is -0.379. The minimum Gasteiger partial charge on any atom is -0.465 e. The van der Waals surface area contributed by atoms with Crippen LogP contribution in [0.2, 0.25) is 0 Å². The van der Waals surface area contributed by atoms with Crippen LogP contribution in [-0.2, 0) is 0 Å². The molecule has 3 heterocycles. The smallest absolute Gasteiger partial charge is 0.231 e. The van der Waals surface area contributed by atoms with Gasteiger partial charge in [-0.3, -0.25) is 4.90 Å². The second-order valence-corrected chi connectivity index (χ2v) is 6.25. The van der Waals surface area contributed by atoms with Crippen molar-refractivity contribution in [1.29, 1.82) is 0 Å². The number of ether oxygens (including phenoxy) is 2. The third-order valence-corrected chi connectivity index (χ3v) is 4.68. The lowest BCUT2D eigenvalue weighted by Gasteiger charge is -2.35. The lowest BCUT2D eigenvalue weighted by molar-refractivity contribution is 0.0569. The summed E-state index contributed by atoms with van der Waals surface area (Å²) in [7, 11) is 0. The summed E-state index contributed by atoms with van der Waals surface area (Å²) in [5.41, 5.74) is 1.12. The molecule has 126 valence electrons. The van der Waals surface area contributed by atoms with Gasteiger partial charge in [0.1, 0.15) is 5.76 Å². The van der Waals surface area contributed by atoms with Crippen LogP contribution in [0.5, 0.6) is 11.5 Å². The third kappa shape index (κ3) is 3.18. The van der Waals surface area contributed by atoms with Crippen LogP contribution in [0.3, 0.4) is 0 Å². The molecule has 2 aliphatic heterocycles. The molecule has 0 bridgehead atoms. The van der Waals surface area contributed by atoms with Crippen molar-refractivity contribution in [2.75, 3.05) is 26.4 Å². The van der Waals surface area contributed by atoms with E-state index in [-0.39, 0.29) is 18.8 Å². The molecule has 2 atom stereocenters. The first-order valence-corrected chi connectivity index (χ1v) is 8.29. The summed E-state index contributed by atoms with van der Waals surface area (Å²) in [5, 5.41) is 10.6. The Labute approximate surface area is 141 Å². The van der Waals surface area contributed by atoms with E-state index < -0.39 is 0 Å². The predicted molar refractivity (Wildman–Crippen MR) is 90.1 cm³/mol. The Hall–Kier alpha value is -2.24. The number of fused-ring (bicyclic) bond motifs is 1. The second kappa shape index (κ2) is 6.71. The zero-order valence-electron chi connectivity index (χ0n) is 13.4. The van der Waals surface area contributed by atoms with Gasteiger partial charge in [0, 0.05) is 19.0 Å². The first-order valence-electron chi connectivity index (χ1n) is 8.29. The van der Waals surface area contributed by atoms with E-state index >= 15 is 0 Å². The molecule has 1 saturated heterocycles. The molecule has 0 spiro atoms. The molecule has 0 unspecified atom stereocenters. The van der Waals surface area contributed by atoms with Gasteiger partial charge in [0.05, 0.1) is 12.4 Å². The molecule has 5 heteroatoms. The van der Waals surface area contributed by atoms with Gasteiger partial charge >= 0.3 is 0 Å². The summed E-state index contributed by atoms with van der Waals surface area (Å²) in [5.74, 6) is 2.56. The van der Waals surface area contributed by atoms with Crippen molar-refractivity contribution < 1.29 is 19.0 Å². The van der Waals surface area contributed by atoms with Gasteiger partial charge < -0.3 is 19.0 Å². The van der Waals surface area contributed by atoms with Crippen molar-refractivity contribution in [2.45, 2.75) is 18.4 Å². The Balaban J connectivity index is 1.36. The molecule has 2 aromatic rings. The Morgan fingerprint density at radius 3 is 2.96 bits per heavy atom. The van der Waals surface area contributed by atoms with E-state index in [1.165, 1.54) is 0 Å². The highest BCUT2D eigenvalue weighted by Gasteiger charge is 2.29. The van der Waals surface area contributed by atoms with Crippen molar-refractivity contribution in [3.63, 3.8) is 0 Å². The number of likely N-dealkylation sites (tertiary alicyclic amines) is 1. The molecule has 1 aromatic carbocycles. The van der Waals surface area contributed by atoms with Crippen molar-refractivity contribution in [3.8, 4) is 11.5 Å². The average Bonchev–Trinajstić information content (AvgIpc) is 3.25. The predicted octanol–water partition coefficient (Wildman–Crippen LogP) is 2.87. The molecule has 1 fully saturated rings. The molecule has 2 aliphatic rings. The number of aliphatic hydroxyl groups excluding tert-OH is 1. The molecule has 0 aliphatic carbocycles. The van der Waals surface area contributed by atoms with Crippen molar-refractivity contribution in [1.82, 2.24) is 4.90 Å². The standard InChI is InChI=1S/C19H21NO4/c21-17-12-20(8-1-3-15-4-2-10-22-15)9-7-16(17)14-5-6-18-19(11-14)24-13-23-18/h1-6,10-11,16-17,21H,7-9,12-13H2/t16-,17+/m0/s1. The summed E-state index contributed by atoms with van der Waals surface area (Å²) in [6.07, 6.45) is 6.26. The minimum absolute atomic E-state index is 0.143. The highest BCUT2D eigenvalue weighted by Crippen LogP contribution is 2.37. The monoisotopic (exact) mass is 327 g/mol. The van der Waals surface area contributed by atoms with Crippen LogP contribution in [-0.4, -0.2) is 42.5 Å². The van der Waals surface area contributed by atoms with E-state index in [1.54, 1.807) is 6.26 Å². The Bertz CT molecular complexity index is 710. The molecular weight excluding hydrogens is 306 g/mol. The SMILES string of the molecule is O[C@@H]1CN(CC=Cc2ccco2)CC[C@H]1c1ccc2c(c1)OCO2. The van der Waals surface area contributed by atoms with Crippen LogP contribution in [0.25, 0.3) is 6.08 Å². The number of aliphatic hydroxyl groups is 1. The van der Waals surface area contributed by atoms with Crippen LogP contribution in [0.15, 0.2) is 47.1 Å². The summed E-state index contributed by atoms with van der Waals surface area (Å²) in [6, 6.07) is 9.77. The number of β-amino-alcohol motifs (C(OH)–C–C–N with tert-alkyl or cyclic N) is 1. The van der Waals surface area contributed by atoms with E-state index in [4.69, 9.17) is 13.9 Å². The lowest BCUT2D eigenvalue weighted by Crippen LogP contribution is -2.42. The van der Waals surface area contributed by atoms with Gasteiger partial charge in [0.15, 0.2) is 11.5 Å². The first-order chi connectivity index (χ1) is 11.8. The zero-order valence-corrected chi connectivity index (χ0v) is 13.4. The molecule has 0 radical (unpaired) electrons. The number of benzene rings is 1. The van der Waals surface area contributed by atoms with E-state index in [1.807, 2.05) is 36.4 Å². The van der Waals surface area contributed by atoms with Gasteiger partial charge in [-0.25, -0.2) is 0 Å². The Kier molecular flexibility index (Phi) is 4.28. The maximum atomic E-state index is 10.6. The molecule has 1 N–H and O–H groups in total. The van der Waals surface area contributed by atoms with Gasteiger partial charge in [0.2, 0.25) is 6.79 Å². The summed E-state index contributed by atoms with van der Waals surface area (Å²) in [4.78, 5) is 2.26. The van der Waals surface area contributed by atoms with Gasteiger partial charge in [-0.1, -0.05) is 12.1 Å².